The monoisotopic (exact) mass is 331 g/mol. The Morgan fingerprint density at radius 1 is 1.43 bits per heavy atom. The van der Waals surface area contributed by atoms with E-state index in [1.54, 1.807) is 6.07 Å². The van der Waals surface area contributed by atoms with Crippen molar-refractivity contribution in [3.63, 3.8) is 0 Å². The van der Waals surface area contributed by atoms with Gasteiger partial charge in [-0.3, -0.25) is 4.79 Å². The quantitative estimate of drug-likeness (QED) is 0.616. The van der Waals surface area contributed by atoms with Crippen LogP contribution in [0.2, 0.25) is 10.0 Å². The molecule has 0 heterocycles. The Hall–Kier alpha value is -1.72. The third-order valence-electron chi connectivity index (χ3n) is 2.34. The second kappa shape index (κ2) is 8.54. The maximum absolute atomic E-state index is 11.6. The Kier molecular flexibility index (Phi) is 7.05. The largest absolute Gasteiger partial charge is 0.480 e. The minimum atomic E-state index is -0.915. The molecular formula is C14H15Cl2NO4. The van der Waals surface area contributed by atoms with E-state index >= 15 is 0 Å². The van der Waals surface area contributed by atoms with Gasteiger partial charge in [-0.2, -0.15) is 0 Å². The number of benzene rings is 1. The molecule has 0 spiro atoms. The van der Waals surface area contributed by atoms with Gasteiger partial charge in [0.2, 0.25) is 0 Å². The molecule has 1 rings (SSSR count). The van der Waals surface area contributed by atoms with Crippen molar-refractivity contribution < 1.29 is 19.1 Å². The van der Waals surface area contributed by atoms with Gasteiger partial charge in [0.25, 0.3) is 5.91 Å². The summed E-state index contributed by atoms with van der Waals surface area (Å²) in [5.74, 6) is -0.781. The Bertz CT molecular complexity index is 534. The lowest BCUT2D eigenvalue weighted by atomic mass is 10.3. The molecule has 0 aliphatic heterocycles. The lowest BCUT2D eigenvalue weighted by Gasteiger charge is -2.13. The van der Waals surface area contributed by atoms with Crippen molar-refractivity contribution in [2.24, 2.45) is 0 Å². The van der Waals surface area contributed by atoms with Crippen LogP contribution in [0.1, 0.15) is 6.92 Å². The van der Waals surface area contributed by atoms with Crippen molar-refractivity contribution in [2.45, 2.75) is 13.0 Å². The molecular weight excluding hydrogens is 317 g/mol. The molecule has 0 aromatic heterocycles. The van der Waals surface area contributed by atoms with E-state index in [-0.39, 0.29) is 11.6 Å². The van der Waals surface area contributed by atoms with E-state index in [9.17, 15) is 9.59 Å². The summed E-state index contributed by atoms with van der Waals surface area (Å²) in [7, 11) is 0. The lowest BCUT2D eigenvalue weighted by molar-refractivity contribution is -0.156. The third-order valence-corrected chi connectivity index (χ3v) is 2.87. The predicted molar refractivity (Wildman–Crippen MR) is 80.7 cm³/mol. The molecule has 1 N–H and O–H groups in total. The van der Waals surface area contributed by atoms with Crippen molar-refractivity contribution in [3.05, 3.63) is 40.9 Å². The standard InChI is InChI=1S/C14H15Cl2NO4/c1-3-6-17-14(19)9(2)21-13(18)8-20-12-5-4-10(15)7-11(12)16/h3-5,7,9H,1,6,8H2,2H3,(H,17,19). The average molecular weight is 332 g/mol. The van der Waals surface area contributed by atoms with Gasteiger partial charge >= 0.3 is 5.97 Å². The van der Waals surface area contributed by atoms with Crippen molar-refractivity contribution >= 4 is 35.1 Å². The number of carbonyl (C=O) groups excluding carboxylic acids is 2. The molecule has 114 valence electrons. The molecule has 0 saturated heterocycles. The SMILES string of the molecule is C=CCNC(=O)C(C)OC(=O)COc1ccc(Cl)cc1Cl. The fraction of sp³-hybridized carbons (Fsp3) is 0.286. The lowest BCUT2D eigenvalue weighted by Crippen LogP contribution is -2.36. The predicted octanol–water partition coefficient (Wildman–Crippen LogP) is 2.61. The number of halogens is 2. The van der Waals surface area contributed by atoms with Crippen molar-refractivity contribution in [2.75, 3.05) is 13.2 Å². The molecule has 0 saturated carbocycles. The van der Waals surface area contributed by atoms with Gasteiger partial charge in [0.1, 0.15) is 5.75 Å². The van der Waals surface area contributed by atoms with Gasteiger partial charge in [-0.25, -0.2) is 4.79 Å². The zero-order valence-electron chi connectivity index (χ0n) is 11.4. The van der Waals surface area contributed by atoms with Gasteiger partial charge in [0.05, 0.1) is 5.02 Å². The topological polar surface area (TPSA) is 64.6 Å². The number of esters is 1. The molecule has 0 aliphatic carbocycles. The molecule has 0 bridgehead atoms. The fourth-order valence-electron chi connectivity index (χ4n) is 1.33. The minimum absolute atomic E-state index is 0.284. The zero-order chi connectivity index (χ0) is 15.8. The second-order valence-corrected chi connectivity index (χ2v) is 4.87. The molecule has 1 aromatic rings. The first-order valence-corrected chi connectivity index (χ1v) is 6.85. The summed E-state index contributed by atoms with van der Waals surface area (Å²) in [6.07, 6.45) is 0.611. The van der Waals surface area contributed by atoms with Crippen molar-refractivity contribution in [3.8, 4) is 5.75 Å². The summed E-state index contributed by atoms with van der Waals surface area (Å²) < 4.78 is 10.1. The molecule has 5 nitrogen and oxygen atoms in total. The summed E-state index contributed by atoms with van der Waals surface area (Å²) in [5, 5.41) is 3.26. The van der Waals surface area contributed by atoms with Crippen molar-refractivity contribution in [1.82, 2.24) is 5.32 Å². The number of hydrogen-bond acceptors (Lipinski definition) is 4. The van der Waals surface area contributed by atoms with Gasteiger partial charge in [-0.15, -0.1) is 6.58 Å². The first kappa shape index (κ1) is 17.3. The number of nitrogens with one attached hydrogen (secondary N) is 1. The Balaban J connectivity index is 2.43. The highest BCUT2D eigenvalue weighted by Crippen LogP contribution is 2.27. The summed E-state index contributed by atoms with van der Waals surface area (Å²) in [6, 6.07) is 4.62. The summed E-state index contributed by atoms with van der Waals surface area (Å²) in [6.45, 7) is 4.87. The van der Waals surface area contributed by atoms with Crippen LogP contribution in [-0.2, 0) is 14.3 Å². The molecule has 1 atom stereocenters. The number of carbonyl (C=O) groups is 2. The zero-order valence-corrected chi connectivity index (χ0v) is 12.9. The van der Waals surface area contributed by atoms with Crippen molar-refractivity contribution in [1.29, 1.82) is 0 Å². The summed E-state index contributed by atoms with van der Waals surface area (Å²) in [4.78, 5) is 23.1. The second-order valence-electron chi connectivity index (χ2n) is 4.03. The highest BCUT2D eigenvalue weighted by atomic mass is 35.5. The van der Waals surface area contributed by atoms with Crippen LogP contribution in [0, 0.1) is 0 Å². The molecule has 1 unspecified atom stereocenters. The first-order valence-electron chi connectivity index (χ1n) is 6.10. The van der Waals surface area contributed by atoms with Crippen LogP contribution < -0.4 is 10.1 Å². The smallest absolute Gasteiger partial charge is 0.344 e. The maximum Gasteiger partial charge on any atom is 0.344 e. The molecule has 21 heavy (non-hydrogen) atoms. The molecule has 0 aliphatic rings. The highest BCUT2D eigenvalue weighted by molar-refractivity contribution is 6.35. The van der Waals surface area contributed by atoms with E-state index in [0.717, 1.165) is 0 Å². The summed E-state index contributed by atoms with van der Waals surface area (Å²) >= 11 is 11.6. The average Bonchev–Trinajstić information content (AvgIpc) is 2.43. The van der Waals surface area contributed by atoms with E-state index in [4.69, 9.17) is 32.7 Å². The fourth-order valence-corrected chi connectivity index (χ4v) is 1.79. The first-order chi connectivity index (χ1) is 9.93. The van der Waals surface area contributed by atoms with Gasteiger partial charge in [0, 0.05) is 11.6 Å². The van der Waals surface area contributed by atoms with Gasteiger partial charge < -0.3 is 14.8 Å². The van der Waals surface area contributed by atoms with Crippen LogP contribution in [0.25, 0.3) is 0 Å². The van der Waals surface area contributed by atoms with Crippen LogP contribution >= 0.6 is 23.2 Å². The number of ether oxygens (including phenoxy) is 2. The van der Waals surface area contributed by atoms with E-state index in [2.05, 4.69) is 11.9 Å². The van der Waals surface area contributed by atoms with Crippen LogP contribution in [0.3, 0.4) is 0 Å². The van der Waals surface area contributed by atoms with Gasteiger partial charge in [-0.05, 0) is 25.1 Å². The molecule has 7 heteroatoms. The molecule has 1 amide bonds. The normalized spacial score (nSPS) is 11.4. The van der Waals surface area contributed by atoms with E-state index in [1.807, 2.05) is 0 Å². The van der Waals surface area contributed by atoms with E-state index in [1.165, 1.54) is 25.1 Å². The van der Waals surface area contributed by atoms with Gasteiger partial charge in [0.15, 0.2) is 12.7 Å². The molecule has 0 fully saturated rings. The van der Waals surface area contributed by atoms with Crippen LogP contribution in [-0.4, -0.2) is 31.1 Å². The third kappa shape index (κ3) is 6.06. The van der Waals surface area contributed by atoms with Crippen LogP contribution in [0.5, 0.6) is 5.75 Å². The molecule has 0 radical (unpaired) electrons. The summed E-state index contributed by atoms with van der Waals surface area (Å²) in [5.41, 5.74) is 0. The highest BCUT2D eigenvalue weighted by Gasteiger charge is 2.17. The van der Waals surface area contributed by atoms with E-state index in [0.29, 0.717) is 17.3 Å². The van der Waals surface area contributed by atoms with Crippen LogP contribution in [0.15, 0.2) is 30.9 Å². The van der Waals surface area contributed by atoms with Crippen LogP contribution in [0.4, 0.5) is 0 Å². The Morgan fingerprint density at radius 2 is 2.14 bits per heavy atom. The minimum Gasteiger partial charge on any atom is -0.480 e. The maximum atomic E-state index is 11.6. The Morgan fingerprint density at radius 3 is 2.76 bits per heavy atom. The Labute approximate surface area is 132 Å². The number of hydrogen-bond donors (Lipinski definition) is 1. The van der Waals surface area contributed by atoms with E-state index < -0.39 is 18.0 Å². The number of amides is 1. The number of rotatable bonds is 7. The molecule has 1 aromatic carbocycles. The van der Waals surface area contributed by atoms with Gasteiger partial charge in [-0.1, -0.05) is 29.3 Å².